The summed E-state index contributed by atoms with van der Waals surface area (Å²) in [6, 6.07) is 12.8. The molecule has 3 aromatic rings. The number of nitrogens with one attached hydrogen (secondary N) is 1. The maximum atomic E-state index is 12.1. The Balaban J connectivity index is 1.14. The van der Waals surface area contributed by atoms with Crippen molar-refractivity contribution in [3.63, 3.8) is 0 Å². The minimum Gasteiger partial charge on any atom is -0.425 e. The first-order valence-corrected chi connectivity index (χ1v) is 12.7. The Morgan fingerprint density at radius 3 is 2.28 bits per heavy atom. The van der Waals surface area contributed by atoms with Crippen molar-refractivity contribution in [2.24, 2.45) is 0 Å². The summed E-state index contributed by atoms with van der Waals surface area (Å²) in [6.45, 7) is 6.19. The zero-order chi connectivity index (χ0) is 24.6. The summed E-state index contributed by atoms with van der Waals surface area (Å²) in [7, 11) is 0. The number of aryl methyl sites for hydroxylation is 1. The smallest absolute Gasteiger partial charge is 0.348 e. The lowest BCUT2D eigenvalue weighted by molar-refractivity contribution is 0.122. The molecule has 3 heterocycles. The number of benzene rings is 1. The molecular formula is C28H31N5O3. The van der Waals surface area contributed by atoms with E-state index in [0.29, 0.717) is 22.5 Å². The van der Waals surface area contributed by atoms with Crippen molar-refractivity contribution in [3.05, 3.63) is 104 Å². The van der Waals surface area contributed by atoms with E-state index in [2.05, 4.69) is 74.2 Å². The van der Waals surface area contributed by atoms with Crippen LogP contribution in [0.3, 0.4) is 0 Å². The van der Waals surface area contributed by atoms with Crippen LogP contribution in [0.2, 0.25) is 0 Å². The standard InChI is InChI=1S/C28H31N5O3/c34-27-28(35)33(36)26-24-16-23(8-6-22(24)7-9-25(26)29-27)32-11-10-21(19-32)18-31-14-12-30(13-15-31)17-20-4-2-1-3-5-20/h1-5,10-11,16,19,36H,6-9,12-15,17-18H2,(H,29,34). The second-order valence-electron chi connectivity index (χ2n) is 10.0. The average molecular weight is 486 g/mol. The topological polar surface area (TPSA) is 86.5 Å². The molecule has 0 radical (unpaired) electrons. The summed E-state index contributed by atoms with van der Waals surface area (Å²) in [5.41, 5.74) is 5.19. The number of piperazine rings is 1. The van der Waals surface area contributed by atoms with Gasteiger partial charge in [-0.2, -0.15) is 0 Å². The Bertz CT molecular complexity index is 1450. The van der Waals surface area contributed by atoms with Crippen LogP contribution in [0.25, 0.3) is 11.3 Å². The van der Waals surface area contributed by atoms with E-state index < -0.39 is 11.1 Å². The molecule has 0 saturated carbocycles. The molecule has 1 fully saturated rings. The molecule has 186 valence electrons. The highest BCUT2D eigenvalue weighted by Crippen LogP contribution is 2.38. The second-order valence-corrected chi connectivity index (χ2v) is 10.0. The van der Waals surface area contributed by atoms with Crippen LogP contribution in [0.4, 0.5) is 0 Å². The van der Waals surface area contributed by atoms with Crippen LogP contribution in [0.15, 0.2) is 70.0 Å². The highest BCUT2D eigenvalue weighted by Gasteiger charge is 2.27. The number of H-pyrrole nitrogens is 1. The number of allylic oxidation sites excluding steroid dienone is 4. The van der Waals surface area contributed by atoms with Crippen LogP contribution in [0.1, 0.15) is 41.8 Å². The van der Waals surface area contributed by atoms with Crippen LogP contribution in [0, 0.1) is 0 Å². The van der Waals surface area contributed by atoms with Gasteiger partial charge in [0.25, 0.3) is 0 Å². The molecule has 0 spiro atoms. The predicted molar refractivity (Wildman–Crippen MR) is 139 cm³/mol. The van der Waals surface area contributed by atoms with E-state index in [0.717, 1.165) is 69.8 Å². The van der Waals surface area contributed by atoms with Crippen LogP contribution < -0.4 is 11.1 Å². The Hall–Kier alpha value is -3.62. The summed E-state index contributed by atoms with van der Waals surface area (Å²) in [5.74, 6) is 0. The molecule has 2 N–H and O–H groups in total. The molecular weight excluding hydrogens is 454 g/mol. The van der Waals surface area contributed by atoms with Gasteiger partial charge >= 0.3 is 11.1 Å². The fourth-order valence-corrected chi connectivity index (χ4v) is 5.68. The van der Waals surface area contributed by atoms with E-state index in [1.165, 1.54) is 16.7 Å². The highest BCUT2D eigenvalue weighted by atomic mass is 16.5. The zero-order valence-corrected chi connectivity index (χ0v) is 20.3. The first-order valence-electron chi connectivity index (χ1n) is 12.7. The molecule has 8 nitrogen and oxygen atoms in total. The van der Waals surface area contributed by atoms with E-state index in [4.69, 9.17) is 0 Å². The maximum Gasteiger partial charge on any atom is 0.348 e. The van der Waals surface area contributed by atoms with Crippen LogP contribution in [-0.2, 0) is 19.5 Å². The van der Waals surface area contributed by atoms with Crippen LogP contribution in [-0.4, -0.2) is 55.5 Å². The number of hydrogen-bond acceptors (Lipinski definition) is 5. The van der Waals surface area contributed by atoms with Gasteiger partial charge in [0.15, 0.2) is 0 Å². The third-order valence-electron chi connectivity index (χ3n) is 7.66. The fourth-order valence-electron chi connectivity index (χ4n) is 5.68. The SMILES string of the molecule is O=c1[nH]c2c(n(O)c1=O)C1=C(CCC(n3ccc(CN4CCN(Cc5ccccc5)CC4)c3)=C1)CC2. The van der Waals surface area contributed by atoms with Gasteiger partial charge in [0.2, 0.25) is 0 Å². The molecule has 36 heavy (non-hydrogen) atoms. The van der Waals surface area contributed by atoms with Gasteiger partial charge in [0, 0.05) is 68.6 Å². The predicted octanol–water partition coefficient (Wildman–Crippen LogP) is 2.93. The summed E-state index contributed by atoms with van der Waals surface area (Å²) in [4.78, 5) is 31.6. The molecule has 0 unspecified atom stereocenters. The summed E-state index contributed by atoms with van der Waals surface area (Å²) in [5, 5.41) is 10.4. The van der Waals surface area contributed by atoms with Gasteiger partial charge in [0.05, 0.1) is 0 Å². The summed E-state index contributed by atoms with van der Waals surface area (Å²) >= 11 is 0. The van der Waals surface area contributed by atoms with Crippen molar-refractivity contribution in [2.45, 2.75) is 38.8 Å². The van der Waals surface area contributed by atoms with Crippen molar-refractivity contribution in [2.75, 3.05) is 26.2 Å². The van der Waals surface area contributed by atoms with E-state index >= 15 is 0 Å². The number of rotatable bonds is 5. The average Bonchev–Trinajstić information content (AvgIpc) is 3.37. The lowest BCUT2D eigenvalue weighted by Crippen LogP contribution is -2.45. The first-order chi connectivity index (χ1) is 17.5. The van der Waals surface area contributed by atoms with Gasteiger partial charge in [0.1, 0.15) is 5.69 Å². The van der Waals surface area contributed by atoms with Gasteiger partial charge < -0.3 is 14.8 Å². The number of nitrogens with zero attached hydrogens (tertiary/aromatic N) is 4. The lowest BCUT2D eigenvalue weighted by Gasteiger charge is -2.34. The van der Waals surface area contributed by atoms with Crippen LogP contribution >= 0.6 is 0 Å². The Morgan fingerprint density at radius 2 is 1.53 bits per heavy atom. The van der Waals surface area contributed by atoms with Crippen LogP contribution in [0.5, 0.6) is 0 Å². The summed E-state index contributed by atoms with van der Waals surface area (Å²) < 4.78 is 2.69. The molecule has 0 atom stereocenters. The molecule has 6 rings (SSSR count). The van der Waals surface area contributed by atoms with E-state index in [-0.39, 0.29) is 0 Å². The van der Waals surface area contributed by atoms with Gasteiger partial charge in [-0.1, -0.05) is 35.9 Å². The van der Waals surface area contributed by atoms with Crippen molar-refractivity contribution >= 4 is 11.3 Å². The molecule has 8 heteroatoms. The molecule has 2 aliphatic carbocycles. The minimum absolute atomic E-state index is 0.429. The largest absolute Gasteiger partial charge is 0.425 e. The zero-order valence-electron chi connectivity index (χ0n) is 20.3. The maximum absolute atomic E-state index is 12.1. The fraction of sp³-hybridized carbons (Fsp3) is 0.357. The van der Waals surface area contributed by atoms with Crippen molar-refractivity contribution in [1.29, 1.82) is 0 Å². The molecule has 1 aliphatic heterocycles. The normalized spacial score (nSPS) is 18.6. The lowest BCUT2D eigenvalue weighted by atomic mass is 9.85. The Kier molecular flexibility index (Phi) is 5.99. The number of fused-ring (bicyclic) bond motifs is 2. The minimum atomic E-state index is -0.935. The first kappa shape index (κ1) is 22.8. The van der Waals surface area contributed by atoms with Gasteiger partial charge in [-0.3, -0.25) is 19.4 Å². The van der Waals surface area contributed by atoms with E-state index in [9.17, 15) is 14.8 Å². The third kappa shape index (κ3) is 4.38. The second kappa shape index (κ2) is 9.44. The van der Waals surface area contributed by atoms with Crippen molar-refractivity contribution in [3.8, 4) is 0 Å². The quantitative estimate of drug-likeness (QED) is 0.429. The van der Waals surface area contributed by atoms with Gasteiger partial charge in [-0.25, -0.2) is 0 Å². The molecule has 3 aliphatic rings. The molecule has 1 aromatic carbocycles. The summed E-state index contributed by atoms with van der Waals surface area (Å²) in [6.07, 6.45) is 9.59. The number of aromatic amines is 1. The highest BCUT2D eigenvalue weighted by molar-refractivity contribution is 5.84. The molecule has 0 amide bonds. The van der Waals surface area contributed by atoms with Crippen molar-refractivity contribution < 1.29 is 5.21 Å². The number of hydrogen-bond donors (Lipinski definition) is 2. The molecule has 0 bridgehead atoms. The van der Waals surface area contributed by atoms with E-state index in [1.807, 2.05) is 0 Å². The number of aromatic nitrogens is 3. The van der Waals surface area contributed by atoms with E-state index in [1.54, 1.807) is 0 Å². The molecule has 2 aromatic heterocycles. The monoisotopic (exact) mass is 485 g/mol. The Labute approximate surface area is 209 Å². The van der Waals surface area contributed by atoms with Gasteiger partial charge in [-0.05, 0) is 49.0 Å². The van der Waals surface area contributed by atoms with Gasteiger partial charge in [-0.15, -0.1) is 4.73 Å². The van der Waals surface area contributed by atoms with Crippen molar-refractivity contribution in [1.82, 2.24) is 24.1 Å². The Morgan fingerprint density at radius 1 is 0.833 bits per heavy atom. The third-order valence-corrected chi connectivity index (χ3v) is 7.66. The molecule has 1 saturated heterocycles.